The van der Waals surface area contributed by atoms with Gasteiger partial charge in [-0.15, -0.1) is 0 Å². The molecule has 0 bridgehead atoms. The largest absolute Gasteiger partial charge is 0.493 e. The number of ether oxygens (including phenoxy) is 3. The van der Waals surface area contributed by atoms with Crippen molar-refractivity contribution in [1.29, 1.82) is 0 Å². The predicted molar refractivity (Wildman–Crippen MR) is 97.3 cm³/mol. The van der Waals surface area contributed by atoms with E-state index < -0.39 is 0 Å². The van der Waals surface area contributed by atoms with Crippen LogP contribution in [0, 0.1) is 6.07 Å². The Morgan fingerprint density at radius 2 is 1.42 bits per heavy atom. The van der Waals surface area contributed by atoms with Crippen molar-refractivity contribution in [3.8, 4) is 17.2 Å². The Bertz CT molecular complexity index is 608. The van der Waals surface area contributed by atoms with Crippen molar-refractivity contribution >= 4 is 0 Å². The number of methoxy groups -OCH3 is 3. The van der Waals surface area contributed by atoms with Crippen LogP contribution in [0.3, 0.4) is 0 Å². The number of rotatable bonds is 10. The fraction of sp³-hybridized carbons (Fsp3) is 0.429. The summed E-state index contributed by atoms with van der Waals surface area (Å²) in [6.45, 7) is 0. The van der Waals surface area contributed by atoms with Crippen molar-refractivity contribution in [3.63, 3.8) is 0 Å². The van der Waals surface area contributed by atoms with Gasteiger partial charge in [-0.05, 0) is 43.4 Å². The quantitative estimate of drug-likeness (QED) is 0.583. The second-order valence-corrected chi connectivity index (χ2v) is 5.80. The summed E-state index contributed by atoms with van der Waals surface area (Å²) in [4.78, 5) is 0. The van der Waals surface area contributed by atoms with E-state index in [0.29, 0.717) is 11.5 Å². The second-order valence-electron chi connectivity index (χ2n) is 5.80. The molecule has 129 valence electrons. The molecule has 1 radical (unpaired) electrons. The van der Waals surface area contributed by atoms with E-state index in [2.05, 4.69) is 36.4 Å². The SMILES string of the molecule is COc1c[c]c(CCCCCCc2ccccc2)c(OC)c1OC. The summed E-state index contributed by atoms with van der Waals surface area (Å²) >= 11 is 0. The average molecular weight is 327 g/mol. The first kappa shape index (κ1) is 18.2. The fourth-order valence-electron chi connectivity index (χ4n) is 2.91. The van der Waals surface area contributed by atoms with E-state index in [1.807, 2.05) is 6.07 Å². The molecule has 0 amide bonds. The lowest BCUT2D eigenvalue weighted by Crippen LogP contribution is -1.99. The zero-order valence-electron chi connectivity index (χ0n) is 14.9. The maximum atomic E-state index is 5.51. The van der Waals surface area contributed by atoms with Crippen LogP contribution in [0.1, 0.15) is 36.8 Å². The molecule has 2 aromatic carbocycles. The lowest BCUT2D eigenvalue weighted by Gasteiger charge is -2.15. The smallest absolute Gasteiger partial charge is 0.203 e. The third-order valence-electron chi connectivity index (χ3n) is 4.19. The molecule has 2 rings (SSSR count). The molecule has 0 unspecified atom stereocenters. The Balaban J connectivity index is 1.79. The van der Waals surface area contributed by atoms with Crippen LogP contribution in [0.5, 0.6) is 17.2 Å². The zero-order chi connectivity index (χ0) is 17.2. The Morgan fingerprint density at radius 1 is 0.750 bits per heavy atom. The van der Waals surface area contributed by atoms with Crippen LogP contribution in [-0.2, 0) is 12.8 Å². The first-order valence-corrected chi connectivity index (χ1v) is 8.53. The topological polar surface area (TPSA) is 27.7 Å². The monoisotopic (exact) mass is 327 g/mol. The molecule has 0 fully saturated rings. The standard InChI is InChI=1S/C21H27O3/c1-22-19-16-15-18(20(23-2)21(19)24-3)14-10-5-4-7-11-17-12-8-6-9-13-17/h6,8-9,12-13,16H,4-5,7,10-11,14H2,1-3H3. The van der Waals surface area contributed by atoms with Crippen LogP contribution in [0.2, 0.25) is 0 Å². The van der Waals surface area contributed by atoms with Gasteiger partial charge < -0.3 is 14.2 Å². The number of benzene rings is 2. The molecule has 24 heavy (non-hydrogen) atoms. The molecule has 3 heteroatoms. The minimum atomic E-state index is 0.651. The van der Waals surface area contributed by atoms with Gasteiger partial charge in [0.25, 0.3) is 0 Å². The Kier molecular flexibility index (Phi) is 7.47. The average Bonchev–Trinajstić information content (AvgIpc) is 2.64. The van der Waals surface area contributed by atoms with Crippen molar-refractivity contribution < 1.29 is 14.2 Å². The summed E-state index contributed by atoms with van der Waals surface area (Å²) in [6, 6.07) is 15.8. The van der Waals surface area contributed by atoms with Crippen LogP contribution >= 0.6 is 0 Å². The lowest BCUT2D eigenvalue weighted by atomic mass is 10.0. The van der Waals surface area contributed by atoms with Crippen LogP contribution in [0.15, 0.2) is 36.4 Å². The van der Waals surface area contributed by atoms with Gasteiger partial charge in [0.2, 0.25) is 5.75 Å². The van der Waals surface area contributed by atoms with E-state index in [1.54, 1.807) is 21.3 Å². The van der Waals surface area contributed by atoms with E-state index in [1.165, 1.54) is 24.8 Å². The van der Waals surface area contributed by atoms with Gasteiger partial charge in [0.05, 0.1) is 21.3 Å². The van der Waals surface area contributed by atoms with Gasteiger partial charge in [0, 0.05) is 5.56 Å². The van der Waals surface area contributed by atoms with Gasteiger partial charge in [0.15, 0.2) is 11.5 Å². The molecular formula is C21H27O3. The number of hydrogen-bond acceptors (Lipinski definition) is 3. The molecule has 0 aliphatic carbocycles. The van der Waals surface area contributed by atoms with Crippen LogP contribution in [0.4, 0.5) is 0 Å². The number of hydrogen-bond donors (Lipinski definition) is 0. The molecule has 2 aromatic rings. The summed E-state index contributed by atoms with van der Waals surface area (Å²) in [5.74, 6) is 2.04. The molecule has 0 aliphatic heterocycles. The van der Waals surface area contributed by atoms with E-state index in [-0.39, 0.29) is 0 Å². The Labute approximate surface area is 145 Å². The van der Waals surface area contributed by atoms with E-state index >= 15 is 0 Å². The van der Waals surface area contributed by atoms with Gasteiger partial charge in [-0.25, -0.2) is 0 Å². The summed E-state index contributed by atoms with van der Waals surface area (Å²) < 4.78 is 16.2. The van der Waals surface area contributed by atoms with Crippen LogP contribution in [-0.4, -0.2) is 21.3 Å². The molecular weight excluding hydrogens is 300 g/mol. The number of aryl methyl sites for hydroxylation is 2. The molecule has 0 N–H and O–H groups in total. The fourth-order valence-corrected chi connectivity index (χ4v) is 2.91. The van der Waals surface area contributed by atoms with Crippen LogP contribution < -0.4 is 14.2 Å². The van der Waals surface area contributed by atoms with Crippen molar-refractivity contribution in [2.24, 2.45) is 0 Å². The van der Waals surface area contributed by atoms with Crippen molar-refractivity contribution in [3.05, 3.63) is 53.6 Å². The molecule has 0 heterocycles. The molecule has 0 atom stereocenters. The van der Waals surface area contributed by atoms with E-state index in [9.17, 15) is 0 Å². The van der Waals surface area contributed by atoms with E-state index in [0.717, 1.165) is 30.6 Å². The van der Waals surface area contributed by atoms with Crippen LogP contribution in [0.25, 0.3) is 0 Å². The summed E-state index contributed by atoms with van der Waals surface area (Å²) in [5, 5.41) is 0. The maximum absolute atomic E-state index is 5.51. The normalized spacial score (nSPS) is 10.5. The highest BCUT2D eigenvalue weighted by molar-refractivity contribution is 5.55. The summed E-state index contributed by atoms with van der Waals surface area (Å²) in [6.07, 6.45) is 6.90. The summed E-state index contributed by atoms with van der Waals surface area (Å²) in [7, 11) is 4.92. The van der Waals surface area contributed by atoms with Gasteiger partial charge in [-0.3, -0.25) is 0 Å². The first-order valence-electron chi connectivity index (χ1n) is 8.53. The van der Waals surface area contributed by atoms with Crippen molar-refractivity contribution in [2.45, 2.75) is 38.5 Å². The van der Waals surface area contributed by atoms with Gasteiger partial charge >= 0.3 is 0 Å². The highest BCUT2D eigenvalue weighted by Crippen LogP contribution is 2.39. The summed E-state index contributed by atoms with van der Waals surface area (Å²) in [5.41, 5.74) is 2.48. The Morgan fingerprint density at radius 3 is 2.04 bits per heavy atom. The van der Waals surface area contributed by atoms with E-state index in [4.69, 9.17) is 14.2 Å². The minimum absolute atomic E-state index is 0.651. The first-order chi connectivity index (χ1) is 11.8. The number of unbranched alkanes of at least 4 members (excludes halogenated alkanes) is 3. The molecule has 0 spiro atoms. The Hall–Kier alpha value is -2.16. The zero-order valence-corrected chi connectivity index (χ0v) is 14.9. The lowest BCUT2D eigenvalue weighted by molar-refractivity contribution is 0.322. The third-order valence-corrected chi connectivity index (χ3v) is 4.19. The maximum Gasteiger partial charge on any atom is 0.203 e. The highest BCUT2D eigenvalue weighted by atomic mass is 16.5. The van der Waals surface area contributed by atoms with Crippen molar-refractivity contribution in [2.75, 3.05) is 21.3 Å². The predicted octanol–water partition coefficient (Wildman–Crippen LogP) is 4.86. The molecule has 3 nitrogen and oxygen atoms in total. The molecule has 0 saturated carbocycles. The third kappa shape index (κ3) is 4.92. The minimum Gasteiger partial charge on any atom is -0.493 e. The second kappa shape index (κ2) is 9.86. The van der Waals surface area contributed by atoms with Gasteiger partial charge in [-0.1, -0.05) is 43.2 Å². The molecule has 0 saturated heterocycles. The molecule has 0 aliphatic rings. The molecule has 0 aromatic heterocycles. The highest BCUT2D eigenvalue weighted by Gasteiger charge is 2.15. The van der Waals surface area contributed by atoms with Gasteiger partial charge in [0.1, 0.15) is 0 Å². The van der Waals surface area contributed by atoms with Gasteiger partial charge in [-0.2, -0.15) is 0 Å². The van der Waals surface area contributed by atoms with Crippen molar-refractivity contribution in [1.82, 2.24) is 0 Å².